The molecule has 0 saturated heterocycles. The van der Waals surface area contributed by atoms with Crippen LogP contribution in [-0.4, -0.2) is 22.1 Å². The fourth-order valence-electron chi connectivity index (χ4n) is 2.43. The van der Waals surface area contributed by atoms with E-state index in [0.717, 1.165) is 21.7 Å². The van der Waals surface area contributed by atoms with Crippen molar-refractivity contribution < 1.29 is 9.90 Å². The van der Waals surface area contributed by atoms with Gasteiger partial charge in [0, 0.05) is 30.1 Å². The minimum Gasteiger partial charge on any atom is -0.387 e. The van der Waals surface area contributed by atoms with Gasteiger partial charge in [0.1, 0.15) is 0 Å². The lowest BCUT2D eigenvalue weighted by molar-refractivity contribution is -0.121. The molecule has 23 heavy (non-hydrogen) atoms. The third-order valence-electron chi connectivity index (χ3n) is 3.98. The Labute approximate surface area is 139 Å². The van der Waals surface area contributed by atoms with Gasteiger partial charge in [-0.15, -0.1) is 0 Å². The molecule has 0 saturated carbocycles. The highest BCUT2D eigenvalue weighted by Crippen LogP contribution is 2.16. The van der Waals surface area contributed by atoms with Crippen LogP contribution in [-0.2, 0) is 11.3 Å². The zero-order valence-corrected chi connectivity index (χ0v) is 14.4. The molecule has 1 aromatic heterocycles. The lowest BCUT2D eigenvalue weighted by Gasteiger charge is -2.14. The van der Waals surface area contributed by atoms with Crippen LogP contribution >= 0.6 is 11.3 Å². The summed E-state index contributed by atoms with van der Waals surface area (Å²) in [7, 11) is 0. The molecule has 0 aliphatic heterocycles. The number of nitrogens with zero attached hydrogens (tertiary/aromatic N) is 1. The summed E-state index contributed by atoms with van der Waals surface area (Å²) in [5.41, 5.74) is 2.71. The van der Waals surface area contributed by atoms with Crippen molar-refractivity contribution in [2.75, 3.05) is 6.54 Å². The number of aromatic nitrogens is 1. The summed E-state index contributed by atoms with van der Waals surface area (Å²) in [6.45, 7) is 6.24. The first-order valence-electron chi connectivity index (χ1n) is 7.57. The van der Waals surface area contributed by atoms with E-state index in [9.17, 15) is 14.7 Å². The molecule has 0 aliphatic rings. The molecule has 0 spiro atoms. The molecule has 124 valence electrons. The highest BCUT2D eigenvalue weighted by atomic mass is 32.1. The van der Waals surface area contributed by atoms with Crippen molar-refractivity contribution in [1.29, 1.82) is 0 Å². The molecule has 1 unspecified atom stereocenters. The Balaban J connectivity index is 1.86. The predicted molar refractivity (Wildman–Crippen MR) is 91.8 cm³/mol. The lowest BCUT2D eigenvalue weighted by atomic mass is 10.0. The molecule has 1 heterocycles. The van der Waals surface area contributed by atoms with Gasteiger partial charge >= 0.3 is 4.87 Å². The Kier molecular flexibility index (Phi) is 5.74. The molecule has 0 radical (unpaired) electrons. The van der Waals surface area contributed by atoms with Crippen LogP contribution in [0.5, 0.6) is 0 Å². The van der Waals surface area contributed by atoms with Gasteiger partial charge in [0.2, 0.25) is 5.91 Å². The van der Waals surface area contributed by atoms with Crippen LogP contribution in [0, 0.1) is 20.8 Å². The van der Waals surface area contributed by atoms with Crippen molar-refractivity contribution in [1.82, 2.24) is 9.88 Å². The molecule has 1 atom stereocenters. The van der Waals surface area contributed by atoms with Crippen molar-refractivity contribution >= 4 is 17.2 Å². The Morgan fingerprint density at radius 1 is 1.30 bits per heavy atom. The number of hydrogen-bond acceptors (Lipinski definition) is 4. The minimum atomic E-state index is -0.729. The van der Waals surface area contributed by atoms with E-state index in [-0.39, 0.29) is 23.7 Å². The van der Waals surface area contributed by atoms with Crippen LogP contribution in [0.2, 0.25) is 0 Å². The average molecular weight is 334 g/mol. The van der Waals surface area contributed by atoms with Gasteiger partial charge in [-0.1, -0.05) is 35.6 Å². The minimum absolute atomic E-state index is 0.0345. The SMILES string of the molecule is Cc1ccccc1C(O)CNC(=O)CCn1c(C)c(C)sc1=O. The number of amides is 1. The number of carbonyl (C=O) groups is 1. The zero-order valence-electron chi connectivity index (χ0n) is 13.6. The smallest absolute Gasteiger partial charge is 0.307 e. The molecule has 5 nitrogen and oxygen atoms in total. The van der Waals surface area contributed by atoms with Crippen LogP contribution in [0.3, 0.4) is 0 Å². The van der Waals surface area contributed by atoms with Gasteiger partial charge in [0.15, 0.2) is 0 Å². The molecule has 6 heteroatoms. The first-order chi connectivity index (χ1) is 10.9. The molecule has 0 aliphatic carbocycles. The van der Waals surface area contributed by atoms with Crippen molar-refractivity contribution in [2.45, 2.75) is 39.8 Å². The average Bonchev–Trinajstić information content (AvgIpc) is 2.76. The summed E-state index contributed by atoms with van der Waals surface area (Å²) in [5.74, 6) is -0.173. The first-order valence-corrected chi connectivity index (χ1v) is 8.39. The quantitative estimate of drug-likeness (QED) is 0.849. The summed E-state index contributed by atoms with van der Waals surface area (Å²) in [6, 6.07) is 7.55. The van der Waals surface area contributed by atoms with E-state index in [0.29, 0.717) is 6.54 Å². The Morgan fingerprint density at radius 2 is 2.00 bits per heavy atom. The number of thiazole rings is 1. The normalized spacial score (nSPS) is 12.2. The second kappa shape index (κ2) is 7.57. The number of rotatable bonds is 6. The summed E-state index contributed by atoms with van der Waals surface area (Å²) >= 11 is 1.20. The maximum atomic E-state index is 11.9. The van der Waals surface area contributed by atoms with Crippen LogP contribution in [0.15, 0.2) is 29.1 Å². The summed E-state index contributed by atoms with van der Waals surface area (Å²) < 4.78 is 1.62. The Morgan fingerprint density at radius 3 is 2.61 bits per heavy atom. The van der Waals surface area contributed by atoms with Crippen molar-refractivity contribution in [3.63, 3.8) is 0 Å². The topological polar surface area (TPSA) is 71.3 Å². The first kappa shape index (κ1) is 17.4. The fraction of sp³-hybridized carbons (Fsp3) is 0.412. The summed E-state index contributed by atoms with van der Waals surface area (Å²) in [4.78, 5) is 24.6. The molecule has 2 N–H and O–H groups in total. The van der Waals surface area contributed by atoms with E-state index in [2.05, 4.69) is 5.32 Å². The molecule has 2 rings (SSSR count). The second-order valence-corrected chi connectivity index (χ2v) is 6.75. The molecule has 0 fully saturated rings. The summed E-state index contributed by atoms with van der Waals surface area (Å²) in [6.07, 6.45) is -0.509. The van der Waals surface area contributed by atoms with E-state index < -0.39 is 6.10 Å². The van der Waals surface area contributed by atoms with Gasteiger partial charge in [0.05, 0.1) is 6.10 Å². The molecular formula is C17H22N2O3S. The van der Waals surface area contributed by atoms with Crippen molar-refractivity contribution in [2.24, 2.45) is 0 Å². The van der Waals surface area contributed by atoms with Crippen LogP contribution in [0.25, 0.3) is 0 Å². The van der Waals surface area contributed by atoms with Crippen molar-refractivity contribution in [3.8, 4) is 0 Å². The maximum Gasteiger partial charge on any atom is 0.307 e. The maximum absolute atomic E-state index is 11.9. The van der Waals surface area contributed by atoms with Gasteiger partial charge < -0.3 is 15.0 Å². The van der Waals surface area contributed by atoms with Gasteiger partial charge in [-0.05, 0) is 31.9 Å². The number of aliphatic hydroxyl groups is 1. The van der Waals surface area contributed by atoms with Crippen LogP contribution < -0.4 is 10.2 Å². The third-order valence-corrected chi connectivity index (χ3v) is 4.97. The molecule has 0 bridgehead atoms. The van der Waals surface area contributed by atoms with Gasteiger partial charge in [-0.3, -0.25) is 9.59 Å². The van der Waals surface area contributed by atoms with E-state index in [1.165, 1.54) is 11.3 Å². The van der Waals surface area contributed by atoms with Crippen molar-refractivity contribution in [3.05, 3.63) is 55.6 Å². The van der Waals surface area contributed by atoms with Crippen LogP contribution in [0.4, 0.5) is 0 Å². The standard InChI is InChI=1S/C17H22N2O3S/c1-11-6-4-5-7-14(11)15(20)10-18-16(21)8-9-19-12(2)13(3)23-17(19)22/h4-7,15,20H,8-10H2,1-3H3,(H,18,21). The number of benzene rings is 1. The number of nitrogens with one attached hydrogen (secondary N) is 1. The zero-order chi connectivity index (χ0) is 17.0. The van der Waals surface area contributed by atoms with Gasteiger partial charge in [0.25, 0.3) is 0 Å². The monoisotopic (exact) mass is 334 g/mol. The largest absolute Gasteiger partial charge is 0.387 e. The lowest BCUT2D eigenvalue weighted by Crippen LogP contribution is -2.30. The molecular weight excluding hydrogens is 312 g/mol. The molecule has 1 amide bonds. The predicted octanol–water partition coefficient (Wildman–Crippen LogP) is 2.07. The van der Waals surface area contributed by atoms with Gasteiger partial charge in [-0.2, -0.15) is 0 Å². The number of carbonyl (C=O) groups excluding carboxylic acids is 1. The number of aryl methyl sites for hydroxylation is 2. The van der Waals surface area contributed by atoms with E-state index >= 15 is 0 Å². The Bertz CT molecular complexity index is 749. The molecule has 1 aromatic carbocycles. The highest BCUT2D eigenvalue weighted by molar-refractivity contribution is 7.09. The van der Waals surface area contributed by atoms with E-state index in [1.807, 2.05) is 45.0 Å². The van der Waals surface area contributed by atoms with E-state index in [1.54, 1.807) is 4.57 Å². The van der Waals surface area contributed by atoms with Crippen LogP contribution in [0.1, 0.15) is 34.2 Å². The fourth-order valence-corrected chi connectivity index (χ4v) is 3.29. The van der Waals surface area contributed by atoms with E-state index in [4.69, 9.17) is 0 Å². The highest BCUT2D eigenvalue weighted by Gasteiger charge is 2.13. The number of hydrogen-bond donors (Lipinski definition) is 2. The number of aliphatic hydroxyl groups excluding tert-OH is 1. The molecule has 2 aromatic rings. The summed E-state index contributed by atoms with van der Waals surface area (Å²) in [5, 5.41) is 12.9. The Hall–Kier alpha value is -1.92. The van der Waals surface area contributed by atoms with Gasteiger partial charge in [-0.25, -0.2) is 0 Å². The third kappa shape index (κ3) is 4.30. The second-order valence-electron chi connectivity index (χ2n) is 5.59.